The van der Waals surface area contributed by atoms with E-state index in [-0.39, 0.29) is 53.5 Å². The molecular formula is C43H51F2N3O4. The first-order valence-electron chi connectivity index (χ1n) is 19.2. The Morgan fingerprint density at radius 2 is 1.27 bits per heavy atom. The van der Waals surface area contributed by atoms with Gasteiger partial charge >= 0.3 is 0 Å². The predicted molar refractivity (Wildman–Crippen MR) is 197 cm³/mol. The van der Waals surface area contributed by atoms with Crippen molar-refractivity contribution in [1.82, 2.24) is 10.2 Å². The Morgan fingerprint density at radius 3 is 1.96 bits per heavy atom. The lowest BCUT2D eigenvalue weighted by Crippen LogP contribution is -2.49. The molecule has 3 saturated heterocycles. The number of carbonyl (C=O) groups is 4. The molecular weight excluding hydrogens is 660 g/mol. The fraction of sp³-hybridized carbons (Fsp3) is 0.488. The van der Waals surface area contributed by atoms with Crippen LogP contribution in [0.25, 0.3) is 0 Å². The van der Waals surface area contributed by atoms with Crippen molar-refractivity contribution in [1.29, 1.82) is 0 Å². The maximum atomic E-state index is 14.2. The van der Waals surface area contributed by atoms with Gasteiger partial charge in [-0.1, -0.05) is 48.9 Å². The average Bonchev–Trinajstić information content (AvgIpc) is 3.43. The summed E-state index contributed by atoms with van der Waals surface area (Å²) in [5, 5.41) is 3.07. The molecule has 276 valence electrons. The van der Waals surface area contributed by atoms with Crippen LogP contribution < -0.4 is 10.2 Å². The molecule has 3 aromatic rings. The summed E-state index contributed by atoms with van der Waals surface area (Å²) in [7, 11) is 0. The lowest BCUT2D eigenvalue weighted by Gasteiger charge is -2.35. The average molecular weight is 712 g/mol. The minimum atomic E-state index is -0.692. The molecule has 0 bridgehead atoms. The SMILES string of the molecule is O=C(C[C@H]1CCC[C@H]2CCCCN2C1=O)[C@H](CC[C@H](Cc1ccc(F)cc1)C(=O)N[C@H]1CCCCN(c2ccccc2)C1=O)Cc1ccc(F)cc1. The Kier molecular flexibility index (Phi) is 12.9. The molecule has 3 aromatic carbocycles. The molecule has 0 radical (unpaired) electrons. The molecule has 3 fully saturated rings. The zero-order valence-corrected chi connectivity index (χ0v) is 30.0. The first-order valence-corrected chi connectivity index (χ1v) is 19.2. The van der Waals surface area contributed by atoms with Crippen LogP contribution in [0.2, 0.25) is 0 Å². The van der Waals surface area contributed by atoms with Crippen molar-refractivity contribution in [3.8, 4) is 0 Å². The van der Waals surface area contributed by atoms with Gasteiger partial charge in [0.15, 0.2) is 0 Å². The Labute approximate surface area is 306 Å². The summed E-state index contributed by atoms with van der Waals surface area (Å²) in [5.41, 5.74) is 2.38. The van der Waals surface area contributed by atoms with Crippen LogP contribution in [0, 0.1) is 29.4 Å². The molecule has 0 aromatic heterocycles. The van der Waals surface area contributed by atoms with Gasteiger partial charge in [0.05, 0.1) is 0 Å². The summed E-state index contributed by atoms with van der Waals surface area (Å²) in [6.07, 6.45) is 9.38. The highest BCUT2D eigenvalue weighted by molar-refractivity contribution is 5.99. The Hall–Kier alpha value is -4.40. The van der Waals surface area contributed by atoms with Crippen LogP contribution in [0.1, 0.15) is 88.2 Å². The normalized spacial score (nSPS) is 22.2. The molecule has 3 heterocycles. The molecule has 0 unspecified atom stereocenters. The standard InChI is InChI=1S/C43H51F2N3O4/c44-35-21-15-30(16-22-35)27-32(40(49)29-34-9-8-13-38-12-4-6-25-47(38)42(34)51)19-20-33(28-31-17-23-36(45)24-18-31)41(50)46-39-14-5-7-26-48(43(39)52)37-10-2-1-3-11-37/h1-3,10-11,15-18,21-24,32-34,38-39H,4-9,12-14,19-20,25-29H2,(H,46,50)/t32-,33-,34-,38-,39+/m1/s1. The minimum Gasteiger partial charge on any atom is -0.344 e. The molecule has 6 rings (SSSR count). The largest absolute Gasteiger partial charge is 0.344 e. The van der Waals surface area contributed by atoms with Crippen molar-refractivity contribution in [3.05, 3.63) is 102 Å². The molecule has 5 atom stereocenters. The van der Waals surface area contributed by atoms with E-state index in [9.17, 15) is 28.0 Å². The second kappa shape index (κ2) is 17.9. The summed E-state index contributed by atoms with van der Waals surface area (Å²) in [4.78, 5) is 59.6. The molecule has 52 heavy (non-hydrogen) atoms. The Balaban J connectivity index is 1.20. The van der Waals surface area contributed by atoms with Crippen molar-refractivity contribution >= 4 is 29.2 Å². The van der Waals surface area contributed by atoms with Crippen molar-refractivity contribution in [2.75, 3.05) is 18.0 Å². The van der Waals surface area contributed by atoms with Gasteiger partial charge in [-0.25, -0.2) is 8.78 Å². The third-order valence-corrected chi connectivity index (χ3v) is 11.4. The fourth-order valence-corrected chi connectivity index (χ4v) is 8.39. The van der Waals surface area contributed by atoms with E-state index >= 15 is 0 Å². The van der Waals surface area contributed by atoms with E-state index in [1.807, 2.05) is 35.2 Å². The number of nitrogens with zero attached hydrogens (tertiary/aromatic N) is 2. The van der Waals surface area contributed by atoms with E-state index in [1.54, 1.807) is 29.2 Å². The maximum absolute atomic E-state index is 14.2. The highest BCUT2D eigenvalue weighted by atomic mass is 19.1. The van der Waals surface area contributed by atoms with Gasteiger partial charge in [0.25, 0.3) is 0 Å². The number of anilines is 1. The summed E-state index contributed by atoms with van der Waals surface area (Å²) >= 11 is 0. The van der Waals surface area contributed by atoms with Crippen LogP contribution in [0.4, 0.5) is 14.5 Å². The molecule has 3 amide bonds. The van der Waals surface area contributed by atoms with Gasteiger partial charge in [-0.3, -0.25) is 19.2 Å². The zero-order valence-electron chi connectivity index (χ0n) is 30.0. The lowest BCUT2D eigenvalue weighted by molar-refractivity contribution is -0.141. The van der Waals surface area contributed by atoms with Crippen molar-refractivity contribution in [3.63, 3.8) is 0 Å². The monoisotopic (exact) mass is 711 g/mol. The van der Waals surface area contributed by atoms with Gasteiger partial charge in [-0.15, -0.1) is 0 Å². The van der Waals surface area contributed by atoms with Gasteiger partial charge in [-0.2, -0.15) is 0 Å². The number of hydrogen-bond acceptors (Lipinski definition) is 4. The molecule has 0 spiro atoms. The predicted octanol–water partition coefficient (Wildman–Crippen LogP) is 7.60. The number of fused-ring (bicyclic) bond motifs is 1. The van der Waals surface area contributed by atoms with Crippen LogP contribution in [0.3, 0.4) is 0 Å². The lowest BCUT2D eigenvalue weighted by atomic mass is 9.82. The van der Waals surface area contributed by atoms with Crippen molar-refractivity contribution in [2.45, 2.75) is 102 Å². The molecule has 7 nitrogen and oxygen atoms in total. The topological polar surface area (TPSA) is 86.8 Å². The van der Waals surface area contributed by atoms with Crippen LogP contribution >= 0.6 is 0 Å². The first kappa shape index (κ1) is 37.4. The van der Waals surface area contributed by atoms with Crippen LogP contribution in [0.5, 0.6) is 0 Å². The number of Topliss-reactive ketones (excluding diaryl/α,β-unsaturated/α-hetero) is 1. The number of rotatable bonds is 13. The smallest absolute Gasteiger partial charge is 0.249 e. The van der Waals surface area contributed by atoms with Gasteiger partial charge in [0.1, 0.15) is 23.5 Å². The number of halogens is 2. The summed E-state index contributed by atoms with van der Waals surface area (Å²) in [6.45, 7) is 1.32. The van der Waals surface area contributed by atoms with E-state index in [0.29, 0.717) is 45.1 Å². The van der Waals surface area contributed by atoms with Gasteiger partial charge < -0.3 is 15.1 Å². The fourth-order valence-electron chi connectivity index (χ4n) is 8.39. The Bertz CT molecular complexity index is 1670. The van der Waals surface area contributed by atoms with Gasteiger partial charge in [0.2, 0.25) is 17.7 Å². The van der Waals surface area contributed by atoms with Crippen LogP contribution in [-0.4, -0.2) is 53.6 Å². The number of ketones is 1. The third-order valence-electron chi connectivity index (χ3n) is 11.4. The van der Waals surface area contributed by atoms with E-state index in [0.717, 1.165) is 68.3 Å². The number of hydrogen-bond donors (Lipinski definition) is 1. The molecule has 3 aliphatic heterocycles. The number of piperidine rings is 1. The zero-order chi connectivity index (χ0) is 36.5. The molecule has 3 aliphatic rings. The van der Waals surface area contributed by atoms with Crippen molar-refractivity contribution < 1.29 is 28.0 Å². The van der Waals surface area contributed by atoms with Gasteiger partial charge in [-0.05, 0) is 125 Å². The summed E-state index contributed by atoms with van der Waals surface area (Å²) in [5.74, 6) is -2.53. The molecule has 0 saturated carbocycles. The Morgan fingerprint density at radius 1 is 0.673 bits per heavy atom. The second-order valence-corrected chi connectivity index (χ2v) is 15.0. The van der Waals surface area contributed by atoms with E-state index in [4.69, 9.17) is 0 Å². The number of benzene rings is 3. The maximum Gasteiger partial charge on any atom is 0.249 e. The molecule has 9 heteroatoms. The number of amides is 3. The minimum absolute atomic E-state index is 0.0171. The number of carbonyl (C=O) groups excluding carboxylic acids is 4. The molecule has 0 aliphatic carbocycles. The molecule has 1 N–H and O–H groups in total. The highest BCUT2D eigenvalue weighted by Gasteiger charge is 2.37. The summed E-state index contributed by atoms with van der Waals surface area (Å²) in [6, 6.07) is 21.2. The second-order valence-electron chi connectivity index (χ2n) is 15.0. The van der Waals surface area contributed by atoms with Crippen LogP contribution in [0.15, 0.2) is 78.9 Å². The third kappa shape index (κ3) is 9.72. The van der Waals surface area contributed by atoms with Gasteiger partial charge in [0, 0.05) is 49.0 Å². The van der Waals surface area contributed by atoms with E-state index < -0.39 is 17.9 Å². The number of para-hydroxylation sites is 1. The highest BCUT2D eigenvalue weighted by Crippen LogP contribution is 2.32. The quantitative estimate of drug-likeness (QED) is 0.198. The first-order chi connectivity index (χ1) is 25.2. The van der Waals surface area contributed by atoms with Crippen molar-refractivity contribution in [2.24, 2.45) is 17.8 Å². The summed E-state index contributed by atoms with van der Waals surface area (Å²) < 4.78 is 27.7. The number of nitrogens with one attached hydrogen (secondary N) is 1. The van der Waals surface area contributed by atoms with E-state index in [1.165, 1.54) is 24.3 Å². The van der Waals surface area contributed by atoms with Crippen LogP contribution in [-0.2, 0) is 32.0 Å². The van der Waals surface area contributed by atoms with E-state index in [2.05, 4.69) is 5.32 Å².